The van der Waals surface area contributed by atoms with E-state index in [2.05, 4.69) is 35.8 Å². The first-order chi connectivity index (χ1) is 6.83. The van der Waals surface area contributed by atoms with Crippen molar-refractivity contribution in [1.29, 1.82) is 0 Å². The van der Waals surface area contributed by atoms with E-state index in [1.807, 2.05) is 0 Å². The number of hydrogen-bond acceptors (Lipinski definition) is 1. The van der Waals surface area contributed by atoms with E-state index in [0.29, 0.717) is 6.61 Å². The summed E-state index contributed by atoms with van der Waals surface area (Å²) < 4.78 is 5.76. The van der Waals surface area contributed by atoms with E-state index in [1.54, 1.807) is 0 Å². The maximum atomic E-state index is 5.76. The minimum atomic E-state index is -1.10. The van der Waals surface area contributed by atoms with E-state index in [4.69, 9.17) is 10.6 Å². The van der Waals surface area contributed by atoms with Crippen LogP contribution in [0.1, 0.15) is 26.2 Å². The van der Waals surface area contributed by atoms with Gasteiger partial charge in [0.1, 0.15) is 6.61 Å². The van der Waals surface area contributed by atoms with Gasteiger partial charge >= 0.3 is 0 Å². The van der Waals surface area contributed by atoms with E-state index in [1.165, 1.54) is 19.3 Å². The zero-order valence-corrected chi connectivity index (χ0v) is 9.56. The second-order valence-corrected chi connectivity index (χ2v) is 6.06. The van der Waals surface area contributed by atoms with Gasteiger partial charge in [-0.05, 0) is 17.2 Å². The molecule has 0 bridgehead atoms. The van der Waals surface area contributed by atoms with Crippen molar-refractivity contribution < 1.29 is 4.18 Å². The predicted octanol–water partition coefficient (Wildman–Crippen LogP) is 3.59. The van der Waals surface area contributed by atoms with Crippen molar-refractivity contribution in [2.75, 3.05) is 12.4 Å². The Labute approximate surface area is 88.7 Å². The molecule has 0 radical (unpaired) electrons. The average Bonchev–Trinajstić information content (AvgIpc) is 2.65. The molecule has 0 aromatic carbocycles. The minimum Gasteiger partial charge on any atom is -0.316 e. The number of unbranched alkanes of at least 4 members (excludes halogenated alkanes) is 2. The van der Waals surface area contributed by atoms with Gasteiger partial charge in [-0.3, -0.25) is 0 Å². The monoisotopic (exact) mass is 210 g/mol. The molecule has 1 rings (SSSR count). The molecule has 1 aliphatic heterocycles. The fourth-order valence-corrected chi connectivity index (χ4v) is 3.69. The van der Waals surface area contributed by atoms with Gasteiger partial charge in [-0.25, -0.2) is 0 Å². The topological polar surface area (TPSA) is 9.23 Å². The van der Waals surface area contributed by atoms with Gasteiger partial charge in [-0.2, -0.15) is 0 Å². The van der Waals surface area contributed by atoms with Gasteiger partial charge in [0.25, 0.3) is 0 Å². The number of allylic oxidation sites excluding steroid dienone is 2. The summed E-state index contributed by atoms with van der Waals surface area (Å²) in [5.74, 6) is 3.66. The fraction of sp³-hybridized carbons (Fsp3) is 0.500. The highest BCUT2D eigenvalue weighted by molar-refractivity contribution is 8.34. The second kappa shape index (κ2) is 5.95. The van der Waals surface area contributed by atoms with E-state index in [9.17, 15) is 0 Å². The fourth-order valence-electron chi connectivity index (χ4n) is 1.40. The lowest BCUT2D eigenvalue weighted by Gasteiger charge is -2.30. The van der Waals surface area contributed by atoms with Crippen molar-refractivity contribution in [3.63, 3.8) is 0 Å². The minimum absolute atomic E-state index is 0.427. The third kappa shape index (κ3) is 3.25. The molecule has 0 spiro atoms. The number of terminal acetylenes is 1. The Bertz CT molecular complexity index is 248. The molecule has 0 unspecified atom stereocenters. The van der Waals surface area contributed by atoms with Gasteiger partial charge in [0.15, 0.2) is 0 Å². The van der Waals surface area contributed by atoms with E-state index < -0.39 is 10.3 Å². The molecule has 14 heavy (non-hydrogen) atoms. The lowest BCUT2D eigenvalue weighted by atomic mass is 10.3. The third-order valence-corrected chi connectivity index (χ3v) is 4.88. The van der Waals surface area contributed by atoms with Crippen LogP contribution >= 0.6 is 10.3 Å². The van der Waals surface area contributed by atoms with Crippen LogP contribution in [0.15, 0.2) is 23.0 Å². The molecule has 0 aliphatic carbocycles. The molecule has 0 atom stereocenters. The van der Waals surface area contributed by atoms with E-state index in [0.717, 1.165) is 5.75 Å². The summed E-state index contributed by atoms with van der Waals surface area (Å²) in [6.45, 7) is 2.64. The van der Waals surface area contributed by atoms with Gasteiger partial charge in [-0.15, -0.1) is 6.42 Å². The molecule has 0 fully saturated rings. The molecule has 0 N–H and O–H groups in total. The van der Waals surface area contributed by atoms with Crippen LogP contribution in [0, 0.1) is 12.3 Å². The quantitative estimate of drug-likeness (QED) is 0.481. The Kier molecular flexibility index (Phi) is 4.86. The molecule has 78 valence electrons. The molecule has 1 aliphatic rings. The summed E-state index contributed by atoms with van der Waals surface area (Å²) >= 11 is 0. The molecular formula is C12H18OS. The van der Waals surface area contributed by atoms with Crippen LogP contribution in [0.2, 0.25) is 0 Å². The highest BCUT2D eigenvalue weighted by Gasteiger charge is 2.19. The standard InChI is InChI=1S/C12H18OS/c1-3-5-6-10-14(13-9-4-2)11-7-8-12-14/h2,7-8,11-12H,3,5-6,9-10H2,1H3. The summed E-state index contributed by atoms with van der Waals surface area (Å²) in [7, 11) is -1.10. The smallest absolute Gasteiger partial charge is 0.120 e. The van der Waals surface area contributed by atoms with Crippen molar-refractivity contribution in [3.8, 4) is 12.3 Å². The zero-order chi connectivity index (χ0) is 10.3. The molecule has 0 aromatic heterocycles. The van der Waals surface area contributed by atoms with Crippen molar-refractivity contribution in [2.24, 2.45) is 0 Å². The van der Waals surface area contributed by atoms with E-state index >= 15 is 0 Å². The molecule has 0 amide bonds. The van der Waals surface area contributed by atoms with Crippen LogP contribution in [-0.4, -0.2) is 12.4 Å². The molecule has 1 nitrogen and oxygen atoms in total. The van der Waals surface area contributed by atoms with Crippen molar-refractivity contribution in [3.05, 3.63) is 23.0 Å². The Morgan fingerprint density at radius 3 is 2.57 bits per heavy atom. The summed E-state index contributed by atoms with van der Waals surface area (Å²) in [5.41, 5.74) is 0. The van der Waals surface area contributed by atoms with Crippen LogP contribution in [0.3, 0.4) is 0 Å². The molecule has 0 saturated heterocycles. The van der Waals surface area contributed by atoms with Gasteiger partial charge in [0, 0.05) is 5.75 Å². The number of rotatable bonds is 6. The molecule has 2 heteroatoms. The van der Waals surface area contributed by atoms with Gasteiger partial charge in [0.2, 0.25) is 0 Å². The van der Waals surface area contributed by atoms with Crippen LogP contribution in [0.25, 0.3) is 0 Å². The van der Waals surface area contributed by atoms with Gasteiger partial charge in [0.05, 0.1) is 0 Å². The highest BCUT2D eigenvalue weighted by atomic mass is 32.3. The molecule has 0 aromatic rings. The van der Waals surface area contributed by atoms with Crippen molar-refractivity contribution in [1.82, 2.24) is 0 Å². The highest BCUT2D eigenvalue weighted by Crippen LogP contribution is 2.55. The predicted molar refractivity (Wildman–Crippen MR) is 65.0 cm³/mol. The normalized spacial score (nSPS) is 19.4. The van der Waals surface area contributed by atoms with Crippen LogP contribution < -0.4 is 0 Å². The molecule has 0 saturated carbocycles. The van der Waals surface area contributed by atoms with Crippen LogP contribution in [0.5, 0.6) is 0 Å². The second-order valence-electron chi connectivity index (χ2n) is 3.31. The summed E-state index contributed by atoms with van der Waals surface area (Å²) in [5, 5.41) is 4.36. The van der Waals surface area contributed by atoms with Crippen LogP contribution in [0.4, 0.5) is 0 Å². The molecular weight excluding hydrogens is 192 g/mol. The van der Waals surface area contributed by atoms with Gasteiger partial charge in [-0.1, -0.05) is 48.1 Å². The maximum Gasteiger partial charge on any atom is 0.120 e. The van der Waals surface area contributed by atoms with Crippen molar-refractivity contribution in [2.45, 2.75) is 26.2 Å². The summed E-state index contributed by atoms with van der Waals surface area (Å²) in [6.07, 6.45) is 13.1. The third-order valence-electron chi connectivity index (χ3n) is 2.16. The van der Waals surface area contributed by atoms with Gasteiger partial charge < -0.3 is 4.18 Å². The zero-order valence-electron chi connectivity index (χ0n) is 8.74. The Morgan fingerprint density at radius 1 is 1.29 bits per heavy atom. The maximum absolute atomic E-state index is 5.76. The average molecular weight is 210 g/mol. The Hall–Kier alpha value is -0.650. The number of hydrogen-bond donors (Lipinski definition) is 0. The summed E-state index contributed by atoms with van der Waals surface area (Å²) in [6, 6.07) is 0. The Morgan fingerprint density at radius 2 is 2.00 bits per heavy atom. The molecule has 1 heterocycles. The first kappa shape index (κ1) is 11.4. The lowest BCUT2D eigenvalue weighted by Crippen LogP contribution is -2.03. The van der Waals surface area contributed by atoms with Crippen LogP contribution in [-0.2, 0) is 4.18 Å². The first-order valence-corrected chi connectivity index (χ1v) is 6.92. The first-order valence-electron chi connectivity index (χ1n) is 5.06. The lowest BCUT2D eigenvalue weighted by molar-refractivity contribution is 0.423. The Balaban J connectivity index is 2.42. The van der Waals surface area contributed by atoms with Crippen molar-refractivity contribution >= 4 is 10.3 Å². The largest absolute Gasteiger partial charge is 0.316 e. The van der Waals surface area contributed by atoms with E-state index in [-0.39, 0.29) is 0 Å². The summed E-state index contributed by atoms with van der Waals surface area (Å²) in [4.78, 5) is 0. The SMILES string of the molecule is C#CCOS1(CCCCC)C=CC=C1.